The van der Waals surface area contributed by atoms with E-state index in [1.807, 2.05) is 13.0 Å². The third kappa shape index (κ3) is 4.68. The van der Waals surface area contributed by atoms with Crippen molar-refractivity contribution in [1.82, 2.24) is 5.32 Å². The molecule has 0 aliphatic carbocycles. The first-order chi connectivity index (χ1) is 10.1. The van der Waals surface area contributed by atoms with E-state index >= 15 is 0 Å². The van der Waals surface area contributed by atoms with E-state index in [2.05, 4.69) is 31.0 Å². The molecule has 1 aromatic carbocycles. The minimum absolute atomic E-state index is 0.124. The highest BCUT2D eigenvalue weighted by Gasteiger charge is 2.22. The molecule has 2 atom stereocenters. The maximum atomic E-state index is 14.5. The second kappa shape index (κ2) is 9.00. The Balaban J connectivity index is 3.13. The topological polar surface area (TPSA) is 24.5 Å². The van der Waals surface area contributed by atoms with Crippen LogP contribution >= 0.6 is 0 Å². The van der Waals surface area contributed by atoms with Gasteiger partial charge in [-0.3, -0.25) is 0 Å². The molecular formula is C17H29FN2O. The van der Waals surface area contributed by atoms with Crippen molar-refractivity contribution in [3.63, 3.8) is 0 Å². The molecule has 2 unspecified atom stereocenters. The largest absolute Gasteiger partial charge is 0.383 e. The van der Waals surface area contributed by atoms with Gasteiger partial charge in [-0.15, -0.1) is 0 Å². The fourth-order valence-corrected chi connectivity index (χ4v) is 2.68. The maximum Gasteiger partial charge on any atom is 0.146 e. The summed E-state index contributed by atoms with van der Waals surface area (Å²) < 4.78 is 19.7. The first-order valence-corrected chi connectivity index (χ1v) is 7.84. The molecule has 3 nitrogen and oxygen atoms in total. The van der Waals surface area contributed by atoms with E-state index in [1.165, 1.54) is 6.07 Å². The predicted molar refractivity (Wildman–Crippen MR) is 87.5 cm³/mol. The zero-order valence-electron chi connectivity index (χ0n) is 13.9. The molecule has 21 heavy (non-hydrogen) atoms. The normalized spacial score (nSPS) is 14.0. The number of methoxy groups -OCH3 is 1. The number of benzene rings is 1. The van der Waals surface area contributed by atoms with E-state index in [0.29, 0.717) is 12.3 Å². The molecule has 0 saturated heterocycles. The summed E-state index contributed by atoms with van der Waals surface area (Å²) in [6.45, 7) is 10.6. The summed E-state index contributed by atoms with van der Waals surface area (Å²) in [4.78, 5) is 2.08. The molecule has 0 spiro atoms. The molecule has 0 aliphatic heterocycles. The van der Waals surface area contributed by atoms with Crippen molar-refractivity contribution in [1.29, 1.82) is 0 Å². The van der Waals surface area contributed by atoms with Gasteiger partial charge in [0.2, 0.25) is 0 Å². The van der Waals surface area contributed by atoms with Crippen molar-refractivity contribution in [3.8, 4) is 0 Å². The number of hydrogen-bond acceptors (Lipinski definition) is 3. The first kappa shape index (κ1) is 17.9. The van der Waals surface area contributed by atoms with Gasteiger partial charge in [0, 0.05) is 25.7 Å². The average Bonchev–Trinajstić information content (AvgIpc) is 2.47. The third-order valence-electron chi connectivity index (χ3n) is 3.75. The van der Waals surface area contributed by atoms with Gasteiger partial charge in [-0.1, -0.05) is 19.1 Å². The lowest BCUT2D eigenvalue weighted by Crippen LogP contribution is -2.38. The molecule has 1 aromatic rings. The fourth-order valence-electron chi connectivity index (χ4n) is 2.68. The van der Waals surface area contributed by atoms with Crippen molar-refractivity contribution >= 4 is 5.69 Å². The predicted octanol–water partition coefficient (Wildman–Crippen LogP) is 3.75. The number of rotatable bonds is 9. The molecule has 0 amide bonds. The molecule has 0 saturated carbocycles. The zero-order chi connectivity index (χ0) is 15.8. The van der Waals surface area contributed by atoms with Crippen molar-refractivity contribution in [2.24, 2.45) is 0 Å². The van der Waals surface area contributed by atoms with Crippen molar-refractivity contribution < 1.29 is 9.13 Å². The average molecular weight is 296 g/mol. The maximum absolute atomic E-state index is 14.5. The summed E-state index contributed by atoms with van der Waals surface area (Å²) in [7, 11) is 1.68. The van der Waals surface area contributed by atoms with Crippen LogP contribution < -0.4 is 10.2 Å². The van der Waals surface area contributed by atoms with Crippen molar-refractivity contribution in [2.75, 3.05) is 31.7 Å². The molecule has 1 N–H and O–H groups in total. The quantitative estimate of drug-likeness (QED) is 0.751. The van der Waals surface area contributed by atoms with E-state index in [-0.39, 0.29) is 17.9 Å². The Bertz CT molecular complexity index is 425. The van der Waals surface area contributed by atoms with Gasteiger partial charge < -0.3 is 15.0 Å². The van der Waals surface area contributed by atoms with Crippen molar-refractivity contribution in [2.45, 2.75) is 46.2 Å². The summed E-state index contributed by atoms with van der Waals surface area (Å²) in [6.07, 6.45) is 1.06. The summed E-state index contributed by atoms with van der Waals surface area (Å²) in [5.74, 6) is -0.164. The van der Waals surface area contributed by atoms with Crippen LogP contribution in [-0.2, 0) is 4.74 Å². The first-order valence-electron chi connectivity index (χ1n) is 7.84. The molecule has 1 rings (SSSR count). The number of nitrogens with zero attached hydrogens (tertiary/aromatic N) is 1. The van der Waals surface area contributed by atoms with E-state index in [1.54, 1.807) is 13.2 Å². The lowest BCUT2D eigenvalue weighted by molar-refractivity contribution is 0.181. The Hall–Kier alpha value is -1.13. The molecule has 0 aromatic heterocycles. The SMILES string of the molecule is CCCNC(C)c1cccc(F)c1N(CC)C(C)COC. The lowest BCUT2D eigenvalue weighted by atomic mass is 10.0. The van der Waals surface area contributed by atoms with E-state index < -0.39 is 0 Å². The number of nitrogens with one attached hydrogen (secondary N) is 1. The molecule has 4 heteroatoms. The van der Waals surface area contributed by atoms with Gasteiger partial charge in [-0.05, 0) is 45.4 Å². The smallest absolute Gasteiger partial charge is 0.146 e. The van der Waals surface area contributed by atoms with Gasteiger partial charge >= 0.3 is 0 Å². The molecule has 0 heterocycles. The van der Waals surface area contributed by atoms with Crippen LogP contribution in [0, 0.1) is 5.82 Å². The van der Waals surface area contributed by atoms with Gasteiger partial charge in [0.15, 0.2) is 0 Å². The van der Waals surface area contributed by atoms with E-state index in [0.717, 1.165) is 25.1 Å². The number of ether oxygens (including phenoxy) is 1. The molecule has 0 aliphatic rings. The van der Waals surface area contributed by atoms with Crippen LogP contribution in [0.25, 0.3) is 0 Å². The lowest BCUT2D eigenvalue weighted by Gasteiger charge is -2.33. The Labute approximate surface area is 128 Å². The Morgan fingerprint density at radius 1 is 1.29 bits per heavy atom. The third-order valence-corrected chi connectivity index (χ3v) is 3.75. The number of para-hydroxylation sites is 1. The van der Waals surface area contributed by atoms with Gasteiger partial charge in [0.1, 0.15) is 5.82 Å². The summed E-state index contributed by atoms with van der Waals surface area (Å²) in [5, 5.41) is 3.44. The molecule has 120 valence electrons. The van der Waals surface area contributed by atoms with E-state index in [9.17, 15) is 4.39 Å². The summed E-state index contributed by atoms with van der Waals surface area (Å²) >= 11 is 0. The van der Waals surface area contributed by atoms with Crippen LogP contribution in [-0.4, -0.2) is 32.8 Å². The Morgan fingerprint density at radius 3 is 2.57 bits per heavy atom. The van der Waals surface area contributed by atoms with Crippen LogP contribution in [0.15, 0.2) is 18.2 Å². The highest BCUT2D eigenvalue weighted by atomic mass is 19.1. The summed E-state index contributed by atoms with van der Waals surface area (Å²) in [6, 6.07) is 5.59. The van der Waals surface area contributed by atoms with Gasteiger partial charge in [-0.25, -0.2) is 4.39 Å². The molecule has 0 fully saturated rings. The minimum atomic E-state index is -0.164. The second-order valence-electron chi connectivity index (χ2n) is 5.44. The molecule has 0 bridgehead atoms. The van der Waals surface area contributed by atoms with Crippen LogP contribution in [0.1, 0.15) is 45.7 Å². The fraction of sp³-hybridized carbons (Fsp3) is 0.647. The van der Waals surface area contributed by atoms with Crippen molar-refractivity contribution in [3.05, 3.63) is 29.6 Å². The molecule has 0 radical (unpaired) electrons. The van der Waals surface area contributed by atoms with Gasteiger partial charge in [-0.2, -0.15) is 0 Å². The number of likely N-dealkylation sites (N-methyl/N-ethyl adjacent to an activating group) is 1. The number of halogens is 1. The molecular weight excluding hydrogens is 267 g/mol. The monoisotopic (exact) mass is 296 g/mol. The van der Waals surface area contributed by atoms with Gasteiger partial charge in [0.05, 0.1) is 12.3 Å². The summed E-state index contributed by atoms with van der Waals surface area (Å²) in [5.41, 5.74) is 1.70. The Kier molecular flexibility index (Phi) is 7.68. The van der Waals surface area contributed by atoms with Crippen LogP contribution in [0.4, 0.5) is 10.1 Å². The highest BCUT2D eigenvalue weighted by Crippen LogP contribution is 2.30. The minimum Gasteiger partial charge on any atom is -0.383 e. The van der Waals surface area contributed by atoms with E-state index in [4.69, 9.17) is 4.74 Å². The number of hydrogen-bond donors (Lipinski definition) is 1. The van der Waals surface area contributed by atoms with Crippen LogP contribution in [0.5, 0.6) is 0 Å². The van der Waals surface area contributed by atoms with Crippen LogP contribution in [0.2, 0.25) is 0 Å². The number of anilines is 1. The zero-order valence-corrected chi connectivity index (χ0v) is 13.9. The van der Waals surface area contributed by atoms with Crippen LogP contribution in [0.3, 0.4) is 0 Å². The van der Waals surface area contributed by atoms with Gasteiger partial charge in [0.25, 0.3) is 0 Å². The Morgan fingerprint density at radius 2 is 2.00 bits per heavy atom. The standard InChI is InChI=1S/C17H29FN2O/c1-6-11-19-14(4)15-9-8-10-16(18)17(15)20(7-2)13(3)12-21-5/h8-10,13-14,19H,6-7,11-12H2,1-5H3. The highest BCUT2D eigenvalue weighted by molar-refractivity contribution is 5.57. The second-order valence-corrected chi connectivity index (χ2v) is 5.44.